The van der Waals surface area contributed by atoms with E-state index in [0.29, 0.717) is 12.0 Å². The third kappa shape index (κ3) is 2.21. The molecule has 0 bridgehead atoms. The molecule has 0 aliphatic rings. The first-order chi connectivity index (χ1) is 6.79. The SMILES string of the molecule is Cc1c(C#N)cccc1C=CCC#N. The van der Waals surface area contributed by atoms with E-state index in [-0.39, 0.29) is 0 Å². The van der Waals surface area contributed by atoms with Gasteiger partial charge >= 0.3 is 0 Å². The summed E-state index contributed by atoms with van der Waals surface area (Å²) in [5.74, 6) is 0. The lowest BCUT2D eigenvalue weighted by Crippen LogP contribution is -1.85. The number of rotatable bonds is 2. The lowest BCUT2D eigenvalue weighted by atomic mass is 10.0. The number of hydrogen-bond donors (Lipinski definition) is 0. The molecule has 68 valence electrons. The maximum atomic E-state index is 8.79. The smallest absolute Gasteiger partial charge is 0.0994 e. The Labute approximate surface area is 83.7 Å². The van der Waals surface area contributed by atoms with Crippen molar-refractivity contribution >= 4 is 6.08 Å². The van der Waals surface area contributed by atoms with Crippen LogP contribution < -0.4 is 0 Å². The van der Waals surface area contributed by atoms with Crippen molar-refractivity contribution in [2.24, 2.45) is 0 Å². The van der Waals surface area contributed by atoms with Gasteiger partial charge in [0.2, 0.25) is 0 Å². The van der Waals surface area contributed by atoms with E-state index >= 15 is 0 Å². The number of nitrogens with zero attached hydrogens (tertiary/aromatic N) is 2. The number of nitriles is 2. The second kappa shape index (κ2) is 4.84. The molecule has 0 radical (unpaired) electrons. The van der Waals surface area contributed by atoms with Gasteiger partial charge in [0.1, 0.15) is 0 Å². The van der Waals surface area contributed by atoms with Gasteiger partial charge in [0.05, 0.1) is 24.1 Å². The fourth-order valence-electron chi connectivity index (χ4n) is 1.19. The van der Waals surface area contributed by atoms with E-state index in [1.165, 1.54) is 0 Å². The highest BCUT2D eigenvalue weighted by molar-refractivity contribution is 5.57. The second-order valence-corrected chi connectivity index (χ2v) is 2.90. The average Bonchev–Trinajstić information content (AvgIpc) is 2.21. The van der Waals surface area contributed by atoms with Gasteiger partial charge < -0.3 is 0 Å². The second-order valence-electron chi connectivity index (χ2n) is 2.90. The molecule has 0 aliphatic carbocycles. The predicted molar refractivity (Wildman–Crippen MR) is 55.2 cm³/mol. The van der Waals surface area contributed by atoms with Crippen LogP contribution in [0.4, 0.5) is 0 Å². The number of allylic oxidation sites excluding steroid dienone is 1. The molecule has 2 heteroatoms. The summed E-state index contributed by atoms with van der Waals surface area (Å²) in [5.41, 5.74) is 2.65. The maximum Gasteiger partial charge on any atom is 0.0994 e. The highest BCUT2D eigenvalue weighted by Crippen LogP contribution is 2.14. The van der Waals surface area contributed by atoms with Crippen LogP contribution in [0.2, 0.25) is 0 Å². The normalized spacial score (nSPS) is 9.64. The average molecular weight is 182 g/mol. The minimum absolute atomic E-state index is 0.399. The molecule has 0 fully saturated rings. The van der Waals surface area contributed by atoms with Crippen molar-refractivity contribution < 1.29 is 0 Å². The molecule has 0 saturated heterocycles. The predicted octanol–water partition coefficient (Wildman–Crippen LogP) is 2.79. The van der Waals surface area contributed by atoms with Gasteiger partial charge in [-0.05, 0) is 24.1 Å². The molecule has 0 atom stereocenters. The molecule has 0 amide bonds. The van der Waals surface area contributed by atoms with Crippen LogP contribution >= 0.6 is 0 Å². The van der Waals surface area contributed by atoms with Crippen molar-refractivity contribution in [1.82, 2.24) is 0 Å². The Morgan fingerprint density at radius 1 is 1.36 bits per heavy atom. The third-order valence-corrected chi connectivity index (χ3v) is 2.00. The molecule has 1 rings (SSSR count). The Kier molecular flexibility index (Phi) is 3.47. The largest absolute Gasteiger partial charge is 0.198 e. The van der Waals surface area contributed by atoms with Crippen LogP contribution in [-0.4, -0.2) is 0 Å². The molecule has 0 unspecified atom stereocenters. The molecule has 0 saturated carbocycles. The topological polar surface area (TPSA) is 47.6 Å². The van der Waals surface area contributed by atoms with Gasteiger partial charge in [-0.3, -0.25) is 0 Å². The Hall–Kier alpha value is -2.06. The van der Waals surface area contributed by atoms with Crippen LogP contribution in [-0.2, 0) is 0 Å². The molecule has 14 heavy (non-hydrogen) atoms. The van der Waals surface area contributed by atoms with Crippen LogP contribution in [0.3, 0.4) is 0 Å². The summed E-state index contributed by atoms with van der Waals surface area (Å²) in [6.07, 6.45) is 4.07. The molecular weight excluding hydrogens is 172 g/mol. The van der Waals surface area contributed by atoms with Crippen molar-refractivity contribution in [3.8, 4) is 12.1 Å². The molecule has 0 heterocycles. The first-order valence-corrected chi connectivity index (χ1v) is 4.33. The van der Waals surface area contributed by atoms with E-state index in [1.807, 2.05) is 31.2 Å². The van der Waals surface area contributed by atoms with Crippen molar-refractivity contribution in [3.63, 3.8) is 0 Å². The summed E-state index contributed by atoms with van der Waals surface area (Å²) < 4.78 is 0. The minimum atomic E-state index is 0.399. The van der Waals surface area contributed by atoms with Gasteiger partial charge in [-0.15, -0.1) is 0 Å². The Morgan fingerprint density at radius 2 is 2.14 bits per heavy atom. The van der Waals surface area contributed by atoms with Crippen molar-refractivity contribution in [2.75, 3.05) is 0 Å². The number of benzene rings is 1. The van der Waals surface area contributed by atoms with Crippen LogP contribution in [0.25, 0.3) is 6.08 Å². The van der Waals surface area contributed by atoms with Crippen LogP contribution in [0, 0.1) is 29.6 Å². The van der Waals surface area contributed by atoms with E-state index in [2.05, 4.69) is 6.07 Å². The minimum Gasteiger partial charge on any atom is -0.198 e. The van der Waals surface area contributed by atoms with Gasteiger partial charge in [0.15, 0.2) is 0 Å². The van der Waals surface area contributed by atoms with Crippen molar-refractivity contribution in [1.29, 1.82) is 10.5 Å². The van der Waals surface area contributed by atoms with E-state index < -0.39 is 0 Å². The molecular formula is C12H10N2. The Bertz CT molecular complexity index is 431. The van der Waals surface area contributed by atoms with Crippen molar-refractivity contribution in [3.05, 3.63) is 41.0 Å². The maximum absolute atomic E-state index is 8.79. The summed E-state index contributed by atoms with van der Waals surface area (Å²) in [7, 11) is 0. The van der Waals surface area contributed by atoms with Gasteiger partial charge in [-0.1, -0.05) is 24.3 Å². The standard InChI is InChI=1S/C12H10N2/c1-10-11(5-2-3-8-13)6-4-7-12(10)9-14/h2,4-7H,3H2,1H3. The summed E-state index contributed by atoms with van der Waals surface area (Å²) in [4.78, 5) is 0. The highest BCUT2D eigenvalue weighted by atomic mass is 14.2. The van der Waals surface area contributed by atoms with E-state index in [9.17, 15) is 0 Å². The number of hydrogen-bond acceptors (Lipinski definition) is 2. The molecule has 0 N–H and O–H groups in total. The summed E-state index contributed by atoms with van der Waals surface area (Å²) in [5, 5.41) is 17.1. The van der Waals surface area contributed by atoms with Crippen molar-refractivity contribution in [2.45, 2.75) is 13.3 Å². The first kappa shape index (κ1) is 10.0. The fraction of sp³-hybridized carbons (Fsp3) is 0.167. The van der Waals surface area contributed by atoms with Gasteiger partial charge in [0.25, 0.3) is 0 Å². The lowest BCUT2D eigenvalue weighted by Gasteiger charge is -2.00. The Morgan fingerprint density at radius 3 is 2.79 bits per heavy atom. The van der Waals surface area contributed by atoms with E-state index in [1.54, 1.807) is 12.1 Å². The summed E-state index contributed by atoms with van der Waals surface area (Å²) >= 11 is 0. The Balaban J connectivity index is 3.01. The quantitative estimate of drug-likeness (QED) is 0.706. The van der Waals surface area contributed by atoms with Gasteiger partial charge in [-0.2, -0.15) is 10.5 Å². The van der Waals surface area contributed by atoms with E-state index in [0.717, 1.165) is 11.1 Å². The highest BCUT2D eigenvalue weighted by Gasteiger charge is 1.99. The molecule has 0 spiro atoms. The van der Waals surface area contributed by atoms with Crippen LogP contribution in [0.1, 0.15) is 23.1 Å². The van der Waals surface area contributed by atoms with E-state index in [4.69, 9.17) is 10.5 Å². The van der Waals surface area contributed by atoms with Crippen LogP contribution in [0.5, 0.6) is 0 Å². The zero-order chi connectivity index (χ0) is 10.4. The third-order valence-electron chi connectivity index (χ3n) is 2.00. The lowest BCUT2D eigenvalue weighted by molar-refractivity contribution is 1.35. The monoisotopic (exact) mass is 182 g/mol. The molecule has 2 nitrogen and oxygen atoms in total. The first-order valence-electron chi connectivity index (χ1n) is 4.33. The summed E-state index contributed by atoms with van der Waals surface area (Å²) in [6.45, 7) is 1.91. The van der Waals surface area contributed by atoms with Gasteiger partial charge in [0, 0.05) is 0 Å². The van der Waals surface area contributed by atoms with Crippen LogP contribution in [0.15, 0.2) is 24.3 Å². The summed E-state index contributed by atoms with van der Waals surface area (Å²) in [6, 6.07) is 9.73. The zero-order valence-electron chi connectivity index (χ0n) is 7.99. The zero-order valence-corrected chi connectivity index (χ0v) is 7.99. The fourth-order valence-corrected chi connectivity index (χ4v) is 1.19. The molecule has 0 aromatic heterocycles. The van der Waals surface area contributed by atoms with Gasteiger partial charge in [-0.25, -0.2) is 0 Å². The molecule has 1 aromatic rings. The molecule has 0 aliphatic heterocycles. The molecule has 1 aromatic carbocycles.